The van der Waals surface area contributed by atoms with Crippen molar-refractivity contribution in [2.45, 2.75) is 6.92 Å². The van der Waals surface area contributed by atoms with Crippen molar-refractivity contribution in [2.24, 2.45) is 17.8 Å². The van der Waals surface area contributed by atoms with E-state index in [2.05, 4.69) is 6.58 Å². The summed E-state index contributed by atoms with van der Waals surface area (Å²) < 4.78 is 11.1. The van der Waals surface area contributed by atoms with Crippen LogP contribution in [-0.4, -0.2) is 26.0 Å². The molecular weight excluding hydrogens is 312 g/mol. The van der Waals surface area contributed by atoms with Crippen molar-refractivity contribution < 1.29 is 19.1 Å². The van der Waals surface area contributed by atoms with Gasteiger partial charge < -0.3 is 9.47 Å². The van der Waals surface area contributed by atoms with Crippen LogP contribution in [0.1, 0.15) is 22.2 Å². The largest absolute Gasteiger partial charge is 0.496 e. The van der Waals surface area contributed by atoms with E-state index in [0.29, 0.717) is 4.88 Å². The molecule has 0 N–H and O–H groups in total. The van der Waals surface area contributed by atoms with Crippen LogP contribution in [-0.2, 0) is 9.53 Å². The predicted octanol–water partition coefficient (Wildman–Crippen LogP) is 3.79. The molecule has 5 heteroatoms. The Kier molecular flexibility index (Phi) is 3.98. The highest BCUT2D eigenvalue weighted by molar-refractivity contribution is 7.20. The van der Waals surface area contributed by atoms with Gasteiger partial charge in [-0.15, -0.1) is 11.3 Å². The normalized spacial score (nSPS) is 22.7. The van der Waals surface area contributed by atoms with Gasteiger partial charge in [0.25, 0.3) is 0 Å². The second-order valence-corrected chi connectivity index (χ2v) is 6.83. The van der Waals surface area contributed by atoms with Crippen LogP contribution in [0, 0.1) is 17.8 Å². The average molecular weight is 330 g/mol. The van der Waals surface area contributed by atoms with Crippen molar-refractivity contribution in [3.63, 3.8) is 0 Å². The van der Waals surface area contributed by atoms with Gasteiger partial charge in [-0.3, -0.25) is 9.59 Å². The number of benzene rings is 1. The summed E-state index contributed by atoms with van der Waals surface area (Å²) in [6.45, 7) is 5.69. The molecule has 3 atom stereocenters. The predicted molar refractivity (Wildman–Crippen MR) is 91.0 cm³/mol. The monoisotopic (exact) mass is 330 g/mol. The zero-order chi connectivity index (χ0) is 16.7. The van der Waals surface area contributed by atoms with Crippen molar-refractivity contribution in [2.75, 3.05) is 14.2 Å². The van der Waals surface area contributed by atoms with Gasteiger partial charge in [-0.1, -0.05) is 19.6 Å². The molecule has 0 amide bonds. The van der Waals surface area contributed by atoms with Gasteiger partial charge in [0.05, 0.1) is 25.0 Å². The van der Waals surface area contributed by atoms with Crippen LogP contribution < -0.4 is 4.74 Å². The van der Waals surface area contributed by atoms with Crippen LogP contribution in [0.5, 0.6) is 5.75 Å². The molecule has 120 valence electrons. The number of rotatable bonds is 5. The third-order valence-electron chi connectivity index (χ3n) is 4.49. The Morgan fingerprint density at radius 1 is 1.22 bits per heavy atom. The molecular formula is C18H18O4S. The van der Waals surface area contributed by atoms with Gasteiger partial charge in [0.2, 0.25) is 0 Å². The lowest BCUT2D eigenvalue weighted by atomic mass is 10.1. The Morgan fingerprint density at radius 3 is 2.57 bits per heavy atom. The van der Waals surface area contributed by atoms with Crippen LogP contribution in [0.2, 0.25) is 0 Å². The van der Waals surface area contributed by atoms with E-state index in [9.17, 15) is 9.59 Å². The van der Waals surface area contributed by atoms with E-state index in [-0.39, 0.29) is 29.5 Å². The topological polar surface area (TPSA) is 52.6 Å². The maximum Gasteiger partial charge on any atom is 0.309 e. The number of ether oxygens (including phenoxy) is 2. The van der Waals surface area contributed by atoms with Crippen molar-refractivity contribution in [1.29, 1.82) is 0 Å². The van der Waals surface area contributed by atoms with Gasteiger partial charge in [-0.25, -0.2) is 0 Å². The molecule has 23 heavy (non-hydrogen) atoms. The Balaban J connectivity index is 1.93. The van der Waals surface area contributed by atoms with E-state index in [0.717, 1.165) is 21.4 Å². The average Bonchev–Trinajstić information content (AvgIpc) is 3.05. The van der Waals surface area contributed by atoms with Crippen molar-refractivity contribution in [1.82, 2.24) is 0 Å². The highest BCUT2D eigenvalue weighted by Crippen LogP contribution is 2.49. The zero-order valence-electron chi connectivity index (χ0n) is 13.3. The molecule has 1 saturated carbocycles. The number of hydrogen-bond donors (Lipinski definition) is 0. The summed E-state index contributed by atoms with van der Waals surface area (Å²) in [5.74, 6) is -0.0768. The summed E-state index contributed by atoms with van der Waals surface area (Å²) in [5.41, 5.74) is 0.893. The standard InChI is InChI=1S/C18H18O4S/c1-5-10-6-11-7-14(23-13(11)8-12(10)21-3)17(19)15-9(2)16(15)18(20)22-4/h5-9,15-16H,1H2,2-4H3. The van der Waals surface area contributed by atoms with E-state index in [1.165, 1.54) is 18.4 Å². The number of carbonyl (C=O) groups is 2. The second kappa shape index (κ2) is 5.81. The minimum absolute atomic E-state index is 0.0215. The summed E-state index contributed by atoms with van der Waals surface area (Å²) in [7, 11) is 2.97. The third-order valence-corrected chi connectivity index (χ3v) is 5.60. The number of carbonyl (C=O) groups excluding carboxylic acids is 2. The van der Waals surface area contributed by atoms with E-state index in [4.69, 9.17) is 9.47 Å². The Hall–Kier alpha value is -2.14. The van der Waals surface area contributed by atoms with E-state index < -0.39 is 0 Å². The van der Waals surface area contributed by atoms with Gasteiger partial charge in [0.1, 0.15) is 5.75 Å². The molecule has 0 bridgehead atoms. The minimum Gasteiger partial charge on any atom is -0.496 e. The fraction of sp³-hybridized carbons (Fsp3) is 0.333. The lowest BCUT2D eigenvalue weighted by Crippen LogP contribution is -2.09. The van der Waals surface area contributed by atoms with Gasteiger partial charge >= 0.3 is 5.97 Å². The third kappa shape index (κ3) is 2.55. The Bertz CT molecular complexity index is 805. The molecule has 0 aliphatic heterocycles. The molecule has 1 aromatic carbocycles. The number of thiophene rings is 1. The molecule has 0 spiro atoms. The van der Waals surface area contributed by atoms with Gasteiger partial charge in [0.15, 0.2) is 5.78 Å². The number of Topliss-reactive ketones (excluding diaryl/α,β-unsaturated/α-hetero) is 1. The first-order chi connectivity index (χ1) is 11.0. The summed E-state index contributed by atoms with van der Waals surface area (Å²) in [5, 5.41) is 0.983. The van der Waals surface area contributed by atoms with Crippen molar-refractivity contribution >= 4 is 39.3 Å². The van der Waals surface area contributed by atoms with Crippen molar-refractivity contribution in [3.8, 4) is 5.75 Å². The Morgan fingerprint density at radius 2 is 1.96 bits per heavy atom. The first-order valence-corrected chi connectivity index (χ1v) is 8.19. The smallest absolute Gasteiger partial charge is 0.309 e. The maximum atomic E-state index is 12.7. The molecule has 0 saturated heterocycles. The van der Waals surface area contributed by atoms with Gasteiger partial charge in [-0.2, -0.15) is 0 Å². The lowest BCUT2D eigenvalue weighted by molar-refractivity contribution is -0.142. The van der Waals surface area contributed by atoms with Gasteiger partial charge in [-0.05, 0) is 29.5 Å². The fourth-order valence-corrected chi connectivity index (χ4v) is 4.13. The van der Waals surface area contributed by atoms with Crippen LogP contribution in [0.3, 0.4) is 0 Å². The number of esters is 1. The summed E-state index contributed by atoms with van der Waals surface area (Å²) >= 11 is 1.43. The number of fused-ring (bicyclic) bond motifs is 1. The lowest BCUT2D eigenvalue weighted by Gasteiger charge is -2.04. The number of ketones is 1. The molecule has 3 unspecified atom stereocenters. The van der Waals surface area contributed by atoms with Crippen LogP contribution in [0.4, 0.5) is 0 Å². The molecule has 1 aliphatic carbocycles. The summed E-state index contributed by atoms with van der Waals surface area (Å²) in [4.78, 5) is 25.0. The summed E-state index contributed by atoms with van der Waals surface area (Å²) in [6.07, 6.45) is 1.73. The quantitative estimate of drug-likeness (QED) is 0.618. The zero-order valence-corrected chi connectivity index (χ0v) is 14.1. The molecule has 4 nitrogen and oxygen atoms in total. The molecule has 3 rings (SSSR count). The first kappa shape index (κ1) is 15.7. The summed E-state index contributed by atoms with van der Waals surface area (Å²) in [6, 6.07) is 5.76. The van der Waals surface area contributed by atoms with E-state index in [1.807, 2.05) is 25.1 Å². The SMILES string of the molecule is C=Cc1cc2cc(C(=O)C3C(C)C3C(=O)OC)sc2cc1OC. The Labute approximate surface area is 138 Å². The fourth-order valence-electron chi connectivity index (χ4n) is 3.07. The second-order valence-electron chi connectivity index (χ2n) is 5.74. The molecule has 1 aromatic heterocycles. The molecule has 1 heterocycles. The van der Waals surface area contributed by atoms with E-state index >= 15 is 0 Å². The molecule has 0 radical (unpaired) electrons. The molecule has 1 aliphatic rings. The minimum atomic E-state index is -0.309. The molecule has 1 fully saturated rings. The van der Waals surface area contributed by atoms with Crippen LogP contribution in [0.25, 0.3) is 16.2 Å². The van der Waals surface area contributed by atoms with Crippen LogP contribution >= 0.6 is 11.3 Å². The number of methoxy groups -OCH3 is 2. The highest BCUT2D eigenvalue weighted by atomic mass is 32.1. The van der Waals surface area contributed by atoms with Gasteiger partial charge in [0, 0.05) is 16.2 Å². The van der Waals surface area contributed by atoms with Crippen LogP contribution in [0.15, 0.2) is 24.8 Å². The first-order valence-electron chi connectivity index (χ1n) is 7.37. The van der Waals surface area contributed by atoms with Crippen molar-refractivity contribution in [3.05, 3.63) is 35.2 Å². The highest BCUT2D eigenvalue weighted by Gasteiger charge is 2.57. The van der Waals surface area contributed by atoms with E-state index in [1.54, 1.807) is 13.2 Å². The molecule has 2 aromatic rings. The maximum absolute atomic E-state index is 12.7. The number of hydrogen-bond acceptors (Lipinski definition) is 5.